The van der Waals surface area contributed by atoms with Crippen molar-refractivity contribution in [3.63, 3.8) is 0 Å². The van der Waals surface area contributed by atoms with E-state index in [1.165, 1.54) is 25.1 Å². The minimum Gasteiger partial charge on any atom is -0.478 e. The number of alkyl halides is 3. The van der Waals surface area contributed by atoms with E-state index in [0.717, 1.165) is 7.05 Å². The first-order valence-electron chi connectivity index (χ1n) is 5.73. The van der Waals surface area contributed by atoms with Crippen molar-refractivity contribution in [1.29, 1.82) is 0 Å². The molecule has 20 heavy (non-hydrogen) atoms. The van der Waals surface area contributed by atoms with Gasteiger partial charge in [0.15, 0.2) is 0 Å². The Labute approximate surface area is 113 Å². The highest BCUT2D eigenvalue weighted by Crippen LogP contribution is 2.26. The molecule has 0 aromatic heterocycles. The molecule has 0 radical (unpaired) electrons. The van der Waals surface area contributed by atoms with Gasteiger partial charge in [0.25, 0.3) is 0 Å². The molecule has 0 aliphatic heterocycles. The van der Waals surface area contributed by atoms with E-state index >= 15 is 0 Å². The van der Waals surface area contributed by atoms with Gasteiger partial charge in [-0.1, -0.05) is 12.1 Å². The lowest BCUT2D eigenvalue weighted by atomic mass is 10.0. The molecule has 1 atom stereocenters. The van der Waals surface area contributed by atoms with Gasteiger partial charge >= 0.3 is 18.1 Å². The van der Waals surface area contributed by atoms with Gasteiger partial charge in [0, 0.05) is 7.05 Å². The summed E-state index contributed by atoms with van der Waals surface area (Å²) >= 11 is 0. The summed E-state index contributed by atoms with van der Waals surface area (Å²) in [5, 5.41) is 8.89. The van der Waals surface area contributed by atoms with E-state index in [4.69, 9.17) is 5.11 Å². The van der Waals surface area contributed by atoms with Crippen LogP contribution in [0.4, 0.5) is 13.2 Å². The fourth-order valence-electron chi connectivity index (χ4n) is 1.79. The third-order valence-electron chi connectivity index (χ3n) is 3.11. The average Bonchev–Trinajstić information content (AvgIpc) is 2.34. The molecule has 0 bridgehead atoms. The number of carboxylic acids is 1. The third kappa shape index (κ3) is 3.28. The van der Waals surface area contributed by atoms with Crippen molar-refractivity contribution in [1.82, 2.24) is 4.90 Å². The molecule has 0 fully saturated rings. The summed E-state index contributed by atoms with van der Waals surface area (Å²) in [5.74, 6) is -3.05. The lowest BCUT2D eigenvalue weighted by molar-refractivity contribution is -0.186. The van der Waals surface area contributed by atoms with Gasteiger partial charge in [0.2, 0.25) is 0 Å². The van der Waals surface area contributed by atoms with Crippen LogP contribution in [0.3, 0.4) is 0 Å². The van der Waals surface area contributed by atoms with E-state index in [1.54, 1.807) is 6.92 Å². The van der Waals surface area contributed by atoms with Gasteiger partial charge < -0.3 is 10.0 Å². The number of hydrogen-bond donors (Lipinski definition) is 1. The highest BCUT2D eigenvalue weighted by Gasteiger charge is 2.42. The second-order valence-electron chi connectivity index (χ2n) is 4.47. The van der Waals surface area contributed by atoms with Crippen LogP contribution < -0.4 is 0 Å². The van der Waals surface area contributed by atoms with Crippen LogP contribution in [0.5, 0.6) is 0 Å². The molecule has 1 N–H and O–H groups in total. The molecule has 0 unspecified atom stereocenters. The number of aryl methyl sites for hydroxylation is 1. The number of carbonyl (C=O) groups is 2. The highest BCUT2D eigenvalue weighted by molar-refractivity contribution is 5.89. The summed E-state index contributed by atoms with van der Waals surface area (Å²) in [5.41, 5.74) is 0.938. The lowest BCUT2D eigenvalue weighted by Crippen LogP contribution is -2.39. The van der Waals surface area contributed by atoms with E-state index in [2.05, 4.69) is 0 Å². The Morgan fingerprint density at radius 2 is 1.85 bits per heavy atom. The fraction of sp³-hybridized carbons (Fsp3) is 0.385. The van der Waals surface area contributed by atoms with E-state index < -0.39 is 24.1 Å². The fourth-order valence-corrected chi connectivity index (χ4v) is 1.79. The largest absolute Gasteiger partial charge is 0.478 e. The van der Waals surface area contributed by atoms with Crippen molar-refractivity contribution in [2.75, 3.05) is 7.05 Å². The van der Waals surface area contributed by atoms with Crippen LogP contribution in [0.1, 0.15) is 34.5 Å². The first-order valence-corrected chi connectivity index (χ1v) is 5.73. The van der Waals surface area contributed by atoms with Crippen LogP contribution in [-0.2, 0) is 4.79 Å². The Kier molecular flexibility index (Phi) is 4.42. The second-order valence-corrected chi connectivity index (χ2v) is 4.47. The first kappa shape index (κ1) is 16.0. The van der Waals surface area contributed by atoms with Crippen LogP contribution in [0, 0.1) is 6.92 Å². The predicted molar refractivity (Wildman–Crippen MR) is 65.4 cm³/mol. The maximum atomic E-state index is 12.4. The number of amides is 1. The molecular formula is C13H14F3NO3. The summed E-state index contributed by atoms with van der Waals surface area (Å²) in [7, 11) is 1.06. The molecule has 0 saturated carbocycles. The Hall–Kier alpha value is -2.05. The number of halogens is 3. The average molecular weight is 289 g/mol. The molecular weight excluding hydrogens is 275 g/mol. The molecule has 7 heteroatoms. The number of carbonyl (C=O) groups excluding carboxylic acids is 1. The zero-order valence-corrected chi connectivity index (χ0v) is 11.2. The first-order chi connectivity index (χ1) is 9.05. The molecule has 1 amide bonds. The third-order valence-corrected chi connectivity index (χ3v) is 3.11. The minimum absolute atomic E-state index is 0.0748. The molecule has 1 aromatic carbocycles. The topological polar surface area (TPSA) is 57.6 Å². The van der Waals surface area contributed by atoms with Gasteiger partial charge in [-0.3, -0.25) is 4.79 Å². The number of hydrogen-bond acceptors (Lipinski definition) is 2. The van der Waals surface area contributed by atoms with Crippen molar-refractivity contribution in [3.8, 4) is 0 Å². The maximum absolute atomic E-state index is 12.4. The van der Waals surface area contributed by atoms with Gasteiger partial charge in [-0.25, -0.2) is 4.79 Å². The lowest BCUT2D eigenvalue weighted by Gasteiger charge is -2.26. The normalized spacial score (nSPS) is 12.9. The molecule has 0 heterocycles. The number of carboxylic acid groups (broad SMARTS) is 1. The van der Waals surface area contributed by atoms with Gasteiger partial charge in [-0.05, 0) is 31.0 Å². The van der Waals surface area contributed by atoms with E-state index in [9.17, 15) is 22.8 Å². The second kappa shape index (κ2) is 5.52. The molecule has 1 rings (SSSR count). The SMILES string of the molecule is Cc1cc([C@H](C)N(C)C(=O)C(F)(F)F)ccc1C(=O)O. The van der Waals surface area contributed by atoms with Crippen LogP contribution in [0.15, 0.2) is 18.2 Å². The number of aromatic carboxylic acids is 1. The zero-order valence-electron chi connectivity index (χ0n) is 11.2. The number of rotatable bonds is 3. The monoisotopic (exact) mass is 289 g/mol. The summed E-state index contributed by atoms with van der Waals surface area (Å²) in [6.07, 6.45) is -4.93. The Morgan fingerprint density at radius 1 is 1.30 bits per heavy atom. The Morgan fingerprint density at radius 3 is 2.25 bits per heavy atom. The summed E-state index contributed by atoms with van der Waals surface area (Å²) < 4.78 is 37.1. The van der Waals surface area contributed by atoms with Crippen LogP contribution in [-0.4, -0.2) is 35.1 Å². The number of benzene rings is 1. The minimum atomic E-state index is -4.93. The Bertz CT molecular complexity index is 540. The summed E-state index contributed by atoms with van der Waals surface area (Å²) in [4.78, 5) is 22.6. The van der Waals surface area contributed by atoms with Crippen molar-refractivity contribution >= 4 is 11.9 Å². The smallest absolute Gasteiger partial charge is 0.471 e. The maximum Gasteiger partial charge on any atom is 0.471 e. The van der Waals surface area contributed by atoms with E-state index in [1.807, 2.05) is 0 Å². The van der Waals surface area contributed by atoms with Crippen molar-refractivity contribution < 1.29 is 27.9 Å². The number of nitrogens with zero attached hydrogens (tertiary/aromatic N) is 1. The van der Waals surface area contributed by atoms with Crippen LogP contribution >= 0.6 is 0 Å². The van der Waals surface area contributed by atoms with Gasteiger partial charge in [-0.2, -0.15) is 13.2 Å². The standard InChI is InChI=1S/C13H14F3NO3/c1-7-6-9(4-5-10(7)11(18)19)8(2)17(3)12(20)13(14,15)16/h4-6,8H,1-3H3,(H,18,19)/t8-/m0/s1. The van der Waals surface area contributed by atoms with E-state index in [-0.39, 0.29) is 5.56 Å². The van der Waals surface area contributed by atoms with Crippen molar-refractivity contribution in [2.24, 2.45) is 0 Å². The molecule has 0 aliphatic rings. The summed E-state index contributed by atoms with van der Waals surface area (Å²) in [6.45, 7) is 2.99. The molecule has 0 aliphatic carbocycles. The highest BCUT2D eigenvalue weighted by atomic mass is 19.4. The van der Waals surface area contributed by atoms with Crippen molar-refractivity contribution in [2.45, 2.75) is 26.1 Å². The van der Waals surface area contributed by atoms with Crippen LogP contribution in [0.2, 0.25) is 0 Å². The van der Waals surface area contributed by atoms with Gasteiger partial charge in [0.1, 0.15) is 0 Å². The van der Waals surface area contributed by atoms with E-state index in [0.29, 0.717) is 16.0 Å². The van der Waals surface area contributed by atoms with Gasteiger partial charge in [-0.15, -0.1) is 0 Å². The molecule has 1 aromatic rings. The van der Waals surface area contributed by atoms with Crippen LogP contribution in [0.25, 0.3) is 0 Å². The van der Waals surface area contributed by atoms with Crippen molar-refractivity contribution in [3.05, 3.63) is 34.9 Å². The molecule has 4 nitrogen and oxygen atoms in total. The summed E-state index contributed by atoms with van der Waals surface area (Å²) in [6, 6.07) is 3.37. The molecule has 0 spiro atoms. The quantitative estimate of drug-likeness (QED) is 0.930. The molecule has 110 valence electrons. The Balaban J connectivity index is 3.04. The zero-order chi connectivity index (χ0) is 15.7. The predicted octanol–water partition coefficient (Wildman–Crippen LogP) is 2.77. The molecule has 0 saturated heterocycles. The van der Waals surface area contributed by atoms with Gasteiger partial charge in [0.05, 0.1) is 11.6 Å².